The van der Waals surface area contributed by atoms with Crippen molar-refractivity contribution in [3.05, 3.63) is 29.3 Å². The molecular formula is C16H21NO2. The van der Waals surface area contributed by atoms with Gasteiger partial charge in [-0.15, -0.1) is 0 Å². The summed E-state index contributed by atoms with van der Waals surface area (Å²) in [5.74, 6) is 0.439. The first-order valence-corrected chi connectivity index (χ1v) is 7.37. The van der Waals surface area contributed by atoms with Gasteiger partial charge in [0, 0.05) is 12.2 Å². The van der Waals surface area contributed by atoms with Crippen molar-refractivity contribution in [1.82, 2.24) is 0 Å². The van der Waals surface area contributed by atoms with E-state index in [0.717, 1.165) is 36.2 Å². The fourth-order valence-electron chi connectivity index (χ4n) is 3.15. The first kappa shape index (κ1) is 12.5. The van der Waals surface area contributed by atoms with Crippen LogP contribution in [-0.2, 0) is 11.2 Å². The van der Waals surface area contributed by atoms with E-state index in [1.807, 2.05) is 18.2 Å². The molecule has 0 spiro atoms. The molecule has 1 fully saturated rings. The zero-order valence-electron chi connectivity index (χ0n) is 11.3. The Kier molecular flexibility index (Phi) is 3.72. The molecule has 0 unspecified atom stereocenters. The maximum atomic E-state index is 12.2. The molecule has 1 N–H and O–H groups in total. The summed E-state index contributed by atoms with van der Waals surface area (Å²) in [5.41, 5.74) is 2.98. The van der Waals surface area contributed by atoms with Gasteiger partial charge in [-0.3, -0.25) is 0 Å². The highest BCUT2D eigenvalue weighted by Gasteiger charge is 2.21. The third-order valence-corrected chi connectivity index (χ3v) is 4.24. The smallest absolute Gasteiger partial charge is 0.338 e. The van der Waals surface area contributed by atoms with Crippen LogP contribution >= 0.6 is 0 Å². The molecular weight excluding hydrogens is 238 g/mol. The number of carbonyl (C=O) groups is 1. The Bertz CT molecular complexity index is 464. The van der Waals surface area contributed by atoms with Crippen LogP contribution in [0.1, 0.15) is 48.0 Å². The van der Waals surface area contributed by atoms with Gasteiger partial charge in [0.15, 0.2) is 0 Å². The van der Waals surface area contributed by atoms with Gasteiger partial charge in [0.25, 0.3) is 0 Å². The second-order valence-corrected chi connectivity index (χ2v) is 5.61. The van der Waals surface area contributed by atoms with Crippen molar-refractivity contribution in [3.63, 3.8) is 0 Å². The molecule has 1 aliphatic heterocycles. The number of ether oxygens (including phenoxy) is 1. The molecule has 3 rings (SSSR count). The number of hydrogen-bond acceptors (Lipinski definition) is 3. The molecule has 3 heteroatoms. The Morgan fingerprint density at radius 2 is 2.11 bits per heavy atom. The standard InChI is InChI=1S/C16H21NO2/c18-16(19-11-12-5-1-2-6-12)14-7-3-9-15-13(14)8-4-10-17-15/h3,7,9,12,17H,1-2,4-6,8,10-11H2. The first-order valence-electron chi connectivity index (χ1n) is 7.37. The van der Waals surface area contributed by atoms with Crippen LogP contribution in [0.3, 0.4) is 0 Å². The molecule has 102 valence electrons. The van der Waals surface area contributed by atoms with E-state index in [-0.39, 0.29) is 5.97 Å². The zero-order valence-corrected chi connectivity index (χ0v) is 11.3. The fraction of sp³-hybridized carbons (Fsp3) is 0.562. The van der Waals surface area contributed by atoms with Gasteiger partial charge in [0.05, 0.1) is 12.2 Å². The van der Waals surface area contributed by atoms with Crippen molar-refractivity contribution < 1.29 is 9.53 Å². The number of benzene rings is 1. The van der Waals surface area contributed by atoms with E-state index in [0.29, 0.717) is 12.5 Å². The molecule has 1 aliphatic carbocycles. The summed E-state index contributed by atoms with van der Waals surface area (Å²) in [5, 5.41) is 3.35. The van der Waals surface area contributed by atoms with E-state index in [9.17, 15) is 4.79 Å². The fourth-order valence-corrected chi connectivity index (χ4v) is 3.15. The van der Waals surface area contributed by atoms with E-state index >= 15 is 0 Å². The number of carbonyl (C=O) groups excluding carboxylic acids is 1. The maximum absolute atomic E-state index is 12.2. The van der Waals surface area contributed by atoms with Gasteiger partial charge in [-0.2, -0.15) is 0 Å². The maximum Gasteiger partial charge on any atom is 0.338 e. The predicted molar refractivity (Wildman–Crippen MR) is 75.5 cm³/mol. The number of rotatable bonds is 3. The molecule has 1 saturated carbocycles. The second-order valence-electron chi connectivity index (χ2n) is 5.61. The monoisotopic (exact) mass is 259 g/mol. The van der Waals surface area contributed by atoms with Crippen LogP contribution < -0.4 is 5.32 Å². The summed E-state index contributed by atoms with van der Waals surface area (Å²) in [4.78, 5) is 12.2. The van der Waals surface area contributed by atoms with Crippen LogP contribution in [0.4, 0.5) is 5.69 Å². The third kappa shape index (κ3) is 2.75. The first-order chi connectivity index (χ1) is 9.34. The van der Waals surface area contributed by atoms with E-state index in [4.69, 9.17) is 4.74 Å². The molecule has 1 aromatic carbocycles. The molecule has 2 aliphatic rings. The molecule has 0 radical (unpaired) electrons. The van der Waals surface area contributed by atoms with Gasteiger partial charge in [0.2, 0.25) is 0 Å². The Balaban J connectivity index is 1.68. The molecule has 0 saturated heterocycles. The van der Waals surface area contributed by atoms with Crippen molar-refractivity contribution >= 4 is 11.7 Å². The average Bonchev–Trinajstić information content (AvgIpc) is 2.97. The van der Waals surface area contributed by atoms with Crippen LogP contribution in [0.25, 0.3) is 0 Å². The summed E-state index contributed by atoms with van der Waals surface area (Å²) in [6.07, 6.45) is 7.04. The summed E-state index contributed by atoms with van der Waals surface area (Å²) in [7, 11) is 0. The number of esters is 1. The molecule has 0 aromatic heterocycles. The summed E-state index contributed by atoms with van der Waals surface area (Å²) in [6.45, 7) is 1.59. The lowest BCUT2D eigenvalue weighted by Crippen LogP contribution is -2.18. The minimum atomic E-state index is -0.146. The van der Waals surface area contributed by atoms with Gasteiger partial charge in [-0.25, -0.2) is 4.79 Å². The van der Waals surface area contributed by atoms with Gasteiger partial charge >= 0.3 is 5.97 Å². The third-order valence-electron chi connectivity index (χ3n) is 4.24. The molecule has 19 heavy (non-hydrogen) atoms. The topological polar surface area (TPSA) is 38.3 Å². The van der Waals surface area contributed by atoms with Gasteiger partial charge < -0.3 is 10.1 Å². The molecule has 0 bridgehead atoms. The van der Waals surface area contributed by atoms with E-state index < -0.39 is 0 Å². The van der Waals surface area contributed by atoms with Crippen LogP contribution in [0.2, 0.25) is 0 Å². The number of anilines is 1. The van der Waals surface area contributed by atoms with Crippen molar-refractivity contribution in [2.24, 2.45) is 5.92 Å². The molecule has 1 heterocycles. The SMILES string of the molecule is O=C(OCC1CCCC1)c1cccc2c1CCCN2. The van der Waals surface area contributed by atoms with Gasteiger partial charge in [-0.1, -0.05) is 18.9 Å². The Labute approximate surface area is 114 Å². The van der Waals surface area contributed by atoms with Crippen molar-refractivity contribution in [2.75, 3.05) is 18.5 Å². The number of nitrogens with one attached hydrogen (secondary N) is 1. The Morgan fingerprint density at radius 3 is 2.95 bits per heavy atom. The van der Waals surface area contributed by atoms with E-state index in [2.05, 4.69) is 5.32 Å². The summed E-state index contributed by atoms with van der Waals surface area (Å²) >= 11 is 0. The second kappa shape index (κ2) is 5.64. The number of fused-ring (bicyclic) bond motifs is 1. The molecule has 3 nitrogen and oxygen atoms in total. The quantitative estimate of drug-likeness (QED) is 0.846. The highest BCUT2D eigenvalue weighted by Crippen LogP contribution is 2.27. The van der Waals surface area contributed by atoms with Crippen LogP contribution in [0.15, 0.2) is 18.2 Å². The lowest BCUT2D eigenvalue weighted by atomic mass is 9.98. The van der Waals surface area contributed by atoms with E-state index in [1.54, 1.807) is 0 Å². The normalized spacial score (nSPS) is 18.7. The largest absolute Gasteiger partial charge is 0.462 e. The lowest BCUT2D eigenvalue weighted by molar-refractivity contribution is 0.0441. The van der Waals surface area contributed by atoms with Crippen LogP contribution in [0.5, 0.6) is 0 Å². The number of hydrogen-bond donors (Lipinski definition) is 1. The van der Waals surface area contributed by atoms with Crippen molar-refractivity contribution in [2.45, 2.75) is 38.5 Å². The lowest BCUT2D eigenvalue weighted by Gasteiger charge is -2.20. The van der Waals surface area contributed by atoms with Gasteiger partial charge in [-0.05, 0) is 49.3 Å². The van der Waals surface area contributed by atoms with Gasteiger partial charge in [0.1, 0.15) is 0 Å². The average molecular weight is 259 g/mol. The predicted octanol–water partition coefficient (Wildman–Crippen LogP) is 3.39. The molecule has 1 aromatic rings. The van der Waals surface area contributed by atoms with Crippen LogP contribution in [-0.4, -0.2) is 19.1 Å². The minimum Gasteiger partial charge on any atom is -0.462 e. The molecule has 0 atom stereocenters. The zero-order chi connectivity index (χ0) is 13.1. The summed E-state index contributed by atoms with van der Waals surface area (Å²) < 4.78 is 5.51. The van der Waals surface area contributed by atoms with Crippen molar-refractivity contribution in [3.8, 4) is 0 Å². The Morgan fingerprint density at radius 1 is 1.26 bits per heavy atom. The summed E-state index contributed by atoms with van der Waals surface area (Å²) in [6, 6.07) is 5.87. The Hall–Kier alpha value is -1.51. The van der Waals surface area contributed by atoms with Crippen LogP contribution in [0, 0.1) is 5.92 Å². The minimum absolute atomic E-state index is 0.146. The van der Waals surface area contributed by atoms with Crippen molar-refractivity contribution in [1.29, 1.82) is 0 Å². The highest BCUT2D eigenvalue weighted by molar-refractivity contribution is 5.93. The van der Waals surface area contributed by atoms with E-state index in [1.165, 1.54) is 25.7 Å². The molecule has 0 amide bonds. The highest BCUT2D eigenvalue weighted by atomic mass is 16.5.